The van der Waals surface area contributed by atoms with Crippen molar-refractivity contribution in [1.29, 1.82) is 0 Å². The van der Waals surface area contributed by atoms with Gasteiger partial charge in [0, 0.05) is 0 Å². The molecule has 1 aromatic rings. The number of rotatable bonds is 5. The van der Waals surface area contributed by atoms with Crippen molar-refractivity contribution in [1.82, 2.24) is 0 Å². The zero-order chi connectivity index (χ0) is 11.9. The van der Waals surface area contributed by atoms with Gasteiger partial charge >= 0.3 is 0 Å². The largest absolute Gasteiger partial charge is 0.134 e. The number of hydrogen-bond donors (Lipinski definition) is 0. The second-order valence-electron chi connectivity index (χ2n) is 5.26. The van der Waals surface area contributed by atoms with Gasteiger partial charge in [-0.15, -0.1) is 5.73 Å². The number of allylic oxidation sites excluding steroid dienone is 1. The van der Waals surface area contributed by atoms with E-state index in [2.05, 4.69) is 67.5 Å². The number of aryl methyl sites for hydroxylation is 1. The fourth-order valence-electron chi connectivity index (χ4n) is 1.45. The molecule has 0 amide bonds. The first-order valence-electron chi connectivity index (χ1n) is 6.04. The summed E-state index contributed by atoms with van der Waals surface area (Å²) >= 11 is 0. The molecule has 0 bridgehead atoms. The highest BCUT2D eigenvalue weighted by atomic mass is 28.3. The first-order chi connectivity index (χ1) is 7.58. The van der Waals surface area contributed by atoms with Crippen LogP contribution in [-0.2, 0) is 6.42 Å². The maximum Gasteiger partial charge on any atom is 0.0781 e. The summed E-state index contributed by atoms with van der Waals surface area (Å²) in [6, 6.07) is 10.7. The van der Waals surface area contributed by atoms with Crippen LogP contribution in [-0.4, -0.2) is 8.07 Å². The minimum atomic E-state index is -1.05. The van der Waals surface area contributed by atoms with Crippen LogP contribution >= 0.6 is 0 Å². The van der Waals surface area contributed by atoms with E-state index in [1.54, 1.807) is 0 Å². The molecule has 0 spiro atoms. The van der Waals surface area contributed by atoms with E-state index in [-0.39, 0.29) is 0 Å². The average Bonchev–Trinajstić information content (AvgIpc) is 2.23. The maximum atomic E-state index is 3.32. The van der Waals surface area contributed by atoms with Crippen LogP contribution in [0.15, 0.2) is 47.8 Å². The summed E-state index contributed by atoms with van der Waals surface area (Å²) in [4.78, 5) is 0. The van der Waals surface area contributed by atoms with Gasteiger partial charge < -0.3 is 0 Å². The van der Waals surface area contributed by atoms with E-state index in [0.29, 0.717) is 0 Å². The van der Waals surface area contributed by atoms with Crippen molar-refractivity contribution in [2.75, 3.05) is 0 Å². The molecule has 0 radical (unpaired) electrons. The highest BCUT2D eigenvalue weighted by Gasteiger charge is 2.05. The van der Waals surface area contributed by atoms with Crippen LogP contribution in [0, 0.1) is 0 Å². The number of benzene rings is 1. The summed E-state index contributed by atoms with van der Waals surface area (Å²) in [5, 5.41) is 0. The molecule has 0 aliphatic carbocycles. The van der Waals surface area contributed by atoms with Gasteiger partial charge in [-0.2, -0.15) is 0 Å². The smallest absolute Gasteiger partial charge is 0.0781 e. The Morgan fingerprint density at radius 1 is 1.12 bits per heavy atom. The van der Waals surface area contributed by atoms with E-state index in [1.165, 1.54) is 18.4 Å². The van der Waals surface area contributed by atoms with Gasteiger partial charge in [-0.05, 0) is 30.9 Å². The van der Waals surface area contributed by atoms with Crippen molar-refractivity contribution in [3.63, 3.8) is 0 Å². The van der Waals surface area contributed by atoms with Gasteiger partial charge in [0.05, 0.1) is 8.07 Å². The Labute approximate surface area is 101 Å². The molecular weight excluding hydrogens is 208 g/mol. The lowest BCUT2D eigenvalue weighted by atomic mass is 10.1. The molecule has 1 aromatic carbocycles. The lowest BCUT2D eigenvalue weighted by molar-refractivity contribution is 0.843. The summed E-state index contributed by atoms with van der Waals surface area (Å²) in [6.45, 7) is 6.99. The fourth-order valence-corrected chi connectivity index (χ4v) is 2.06. The van der Waals surface area contributed by atoms with E-state index in [1.807, 2.05) is 0 Å². The van der Waals surface area contributed by atoms with Gasteiger partial charge in [-0.25, -0.2) is 0 Å². The van der Waals surface area contributed by atoms with Crippen LogP contribution in [0.4, 0.5) is 0 Å². The monoisotopic (exact) mass is 230 g/mol. The molecule has 0 aliphatic heterocycles. The first-order valence-corrected chi connectivity index (χ1v) is 9.62. The predicted molar refractivity (Wildman–Crippen MR) is 75.4 cm³/mol. The zero-order valence-electron chi connectivity index (χ0n) is 10.7. The van der Waals surface area contributed by atoms with Crippen LogP contribution in [0.2, 0.25) is 19.6 Å². The van der Waals surface area contributed by atoms with Crippen molar-refractivity contribution in [3.8, 4) is 0 Å². The predicted octanol–water partition coefficient (Wildman–Crippen LogP) is 4.60. The highest BCUT2D eigenvalue weighted by Crippen LogP contribution is 2.05. The molecule has 0 N–H and O–H groups in total. The summed E-state index contributed by atoms with van der Waals surface area (Å²) < 4.78 is 0. The van der Waals surface area contributed by atoms with E-state index in [9.17, 15) is 0 Å². The molecule has 0 heterocycles. The van der Waals surface area contributed by atoms with Crippen LogP contribution < -0.4 is 0 Å². The molecule has 0 fully saturated rings. The molecule has 0 aliphatic rings. The van der Waals surface area contributed by atoms with E-state index in [0.717, 1.165) is 6.42 Å². The van der Waals surface area contributed by atoms with Crippen molar-refractivity contribution in [2.45, 2.75) is 38.9 Å². The lowest BCUT2D eigenvalue weighted by Gasteiger charge is -2.04. The van der Waals surface area contributed by atoms with Crippen LogP contribution in [0.25, 0.3) is 0 Å². The van der Waals surface area contributed by atoms with E-state index in [4.69, 9.17) is 0 Å². The van der Waals surface area contributed by atoms with Crippen LogP contribution in [0.5, 0.6) is 0 Å². The second kappa shape index (κ2) is 6.52. The van der Waals surface area contributed by atoms with Crippen LogP contribution in [0.1, 0.15) is 18.4 Å². The normalized spacial score (nSPS) is 10.7. The molecule has 0 unspecified atom stereocenters. The molecule has 1 heteroatoms. The quantitative estimate of drug-likeness (QED) is 0.394. The van der Waals surface area contributed by atoms with E-state index >= 15 is 0 Å². The maximum absolute atomic E-state index is 3.32. The third kappa shape index (κ3) is 6.44. The highest BCUT2D eigenvalue weighted by molar-refractivity contribution is 6.80. The van der Waals surface area contributed by atoms with Gasteiger partial charge in [0.1, 0.15) is 0 Å². The number of hydrogen-bond acceptors (Lipinski definition) is 0. The molecular formula is C15H22Si. The van der Waals surface area contributed by atoms with Crippen molar-refractivity contribution < 1.29 is 0 Å². The Morgan fingerprint density at radius 3 is 2.44 bits per heavy atom. The van der Waals surface area contributed by atoms with Crippen molar-refractivity contribution in [2.24, 2.45) is 0 Å². The topological polar surface area (TPSA) is 0 Å². The zero-order valence-corrected chi connectivity index (χ0v) is 11.7. The molecule has 1 rings (SSSR count). The minimum Gasteiger partial charge on any atom is -0.134 e. The van der Waals surface area contributed by atoms with E-state index < -0.39 is 8.07 Å². The fraction of sp³-hybridized carbons (Fsp3) is 0.400. The molecule has 0 saturated carbocycles. The van der Waals surface area contributed by atoms with Crippen molar-refractivity contribution >= 4 is 8.07 Å². The Bertz CT molecular complexity index is 351. The van der Waals surface area contributed by atoms with Gasteiger partial charge in [0.15, 0.2) is 0 Å². The Morgan fingerprint density at radius 2 is 1.81 bits per heavy atom. The number of unbranched alkanes of at least 4 members (excludes halogenated alkanes) is 1. The molecule has 16 heavy (non-hydrogen) atoms. The average molecular weight is 230 g/mol. The summed E-state index contributed by atoms with van der Waals surface area (Å²) in [5.74, 6) is 0. The molecule has 0 aromatic heterocycles. The lowest BCUT2D eigenvalue weighted by Crippen LogP contribution is -2.14. The molecule has 0 saturated heterocycles. The third-order valence-corrected chi connectivity index (χ3v) is 3.32. The van der Waals surface area contributed by atoms with Gasteiger partial charge in [-0.1, -0.05) is 55.7 Å². The molecule has 0 nitrogen and oxygen atoms in total. The third-order valence-electron chi connectivity index (χ3n) is 2.29. The molecule has 86 valence electrons. The van der Waals surface area contributed by atoms with Crippen molar-refractivity contribution in [3.05, 3.63) is 53.4 Å². The summed E-state index contributed by atoms with van der Waals surface area (Å²) in [5.41, 5.74) is 7.03. The van der Waals surface area contributed by atoms with Crippen LogP contribution in [0.3, 0.4) is 0 Å². The molecule has 0 atom stereocenters. The second-order valence-corrected chi connectivity index (χ2v) is 10.3. The summed E-state index contributed by atoms with van der Waals surface area (Å²) in [7, 11) is -1.05. The summed E-state index contributed by atoms with van der Waals surface area (Å²) in [6.07, 6.45) is 5.71. The Balaban J connectivity index is 2.25. The Hall–Kier alpha value is -1.04. The first kappa shape index (κ1) is 13.0. The van der Waals surface area contributed by atoms with Gasteiger partial charge in [0.25, 0.3) is 0 Å². The van der Waals surface area contributed by atoms with Gasteiger partial charge in [-0.3, -0.25) is 0 Å². The standard InChI is InChI=1S/C15H22Si/c1-16(2,3)14-10-5-4-7-11-15-12-8-6-9-13-15/h5-6,8-9,12-14H,4,7,11H2,1-3H3. The SMILES string of the molecule is C[Si](C)(C)C=C=CCCCc1ccccc1. The van der Waals surface area contributed by atoms with Gasteiger partial charge in [0.2, 0.25) is 0 Å². The minimum absolute atomic E-state index is 1.05. The Kier molecular flexibility index (Phi) is 5.31.